The molecule has 1 rings (SSSR count). The van der Waals surface area contributed by atoms with Crippen molar-refractivity contribution in [2.24, 2.45) is 0 Å². The van der Waals surface area contributed by atoms with Gasteiger partial charge in [-0.05, 0) is 0 Å². The Morgan fingerprint density at radius 3 is 3.08 bits per heavy atom. The van der Waals surface area contributed by atoms with Gasteiger partial charge < -0.3 is 0 Å². The molecule has 0 aliphatic carbocycles. The predicted octanol–water partition coefficient (Wildman–Crippen LogP) is 0.398. The number of hydrogen-bond donors (Lipinski definition) is 2. The number of thiol groups is 1. The number of aliphatic carboxylic acids is 1. The molecule has 0 spiro atoms. The van der Waals surface area contributed by atoms with Crippen LogP contribution in [0.1, 0.15) is 6.42 Å². The summed E-state index contributed by atoms with van der Waals surface area (Å²) < 4.78 is 0.790. The normalized spacial score (nSPS) is 13.6. The van der Waals surface area contributed by atoms with Crippen LogP contribution in [0.25, 0.3) is 0 Å². The summed E-state index contributed by atoms with van der Waals surface area (Å²) in [5, 5.41) is 10.8. The van der Waals surface area contributed by atoms with Crippen LogP contribution in [0.5, 0.6) is 0 Å². The molecular weight excluding hydrogens is 269 g/mol. The molecule has 0 aliphatic rings. The van der Waals surface area contributed by atoms with Gasteiger partial charge in [-0.3, -0.25) is 0 Å². The molecule has 13 heavy (non-hydrogen) atoms. The summed E-state index contributed by atoms with van der Waals surface area (Å²) in [6.07, 6.45) is 2.38. The molecule has 0 aromatic carbocycles. The number of nitrogens with zero attached hydrogens (tertiary/aromatic N) is 1. The second-order valence-electron chi connectivity index (χ2n) is 2.38. The van der Waals surface area contributed by atoms with Crippen LogP contribution in [-0.2, 0) is 4.79 Å². The zero-order valence-corrected chi connectivity index (χ0v) is 10.6. The standard InChI is InChI=1S/C7H10AsNO2S2/c10-6(11)5(1-3-12)8-7-9-2-4-13-7/h2,4-5,8,12H,1,3H2,(H,10,11). The van der Waals surface area contributed by atoms with Crippen molar-refractivity contribution in [1.82, 2.24) is 4.98 Å². The van der Waals surface area contributed by atoms with Gasteiger partial charge >= 0.3 is 92.8 Å². The molecule has 0 aliphatic heterocycles. The van der Waals surface area contributed by atoms with E-state index >= 15 is 0 Å². The third-order valence-electron chi connectivity index (χ3n) is 1.45. The van der Waals surface area contributed by atoms with E-state index in [2.05, 4.69) is 17.6 Å². The Kier molecular flexibility index (Phi) is 4.84. The fourth-order valence-corrected chi connectivity index (χ4v) is 5.44. The molecule has 2 atom stereocenters. The van der Waals surface area contributed by atoms with Crippen molar-refractivity contribution < 1.29 is 9.90 Å². The molecule has 72 valence electrons. The van der Waals surface area contributed by atoms with Crippen molar-refractivity contribution in [3.05, 3.63) is 11.6 Å². The van der Waals surface area contributed by atoms with E-state index in [0.717, 1.165) is 3.80 Å². The third kappa shape index (κ3) is 3.71. The number of rotatable bonds is 5. The van der Waals surface area contributed by atoms with Crippen LogP contribution in [-0.4, -0.2) is 37.6 Å². The summed E-state index contributed by atoms with van der Waals surface area (Å²) in [7, 11) is 0. The van der Waals surface area contributed by atoms with Crippen LogP contribution in [0.4, 0.5) is 0 Å². The van der Waals surface area contributed by atoms with Crippen LogP contribution in [0.2, 0.25) is 4.71 Å². The van der Waals surface area contributed by atoms with Crippen LogP contribution in [0, 0.1) is 0 Å². The summed E-state index contributed by atoms with van der Waals surface area (Å²) in [6, 6.07) is 0. The summed E-state index contributed by atoms with van der Waals surface area (Å²) in [5.74, 6) is -0.0736. The van der Waals surface area contributed by atoms with Gasteiger partial charge in [0.05, 0.1) is 0 Å². The van der Waals surface area contributed by atoms with E-state index < -0.39 is 21.7 Å². The average molecular weight is 279 g/mol. The van der Waals surface area contributed by atoms with Gasteiger partial charge in [-0.2, -0.15) is 0 Å². The van der Waals surface area contributed by atoms with E-state index in [4.69, 9.17) is 5.11 Å². The van der Waals surface area contributed by atoms with E-state index in [1.165, 1.54) is 0 Å². The Balaban J connectivity index is 2.52. The molecule has 0 amide bonds. The summed E-state index contributed by atoms with van der Waals surface area (Å²) in [5.41, 5.74) is 0. The molecule has 6 heteroatoms. The predicted molar refractivity (Wildman–Crippen MR) is 58.8 cm³/mol. The van der Waals surface area contributed by atoms with Crippen LogP contribution < -0.4 is 3.80 Å². The minimum atomic E-state index is -0.704. The van der Waals surface area contributed by atoms with Gasteiger partial charge in [0, 0.05) is 0 Å². The molecule has 3 nitrogen and oxygen atoms in total. The number of aromatic nitrogens is 1. The van der Waals surface area contributed by atoms with Gasteiger partial charge in [-0.25, -0.2) is 0 Å². The zero-order valence-electron chi connectivity index (χ0n) is 6.80. The van der Waals surface area contributed by atoms with Gasteiger partial charge in [-0.15, -0.1) is 0 Å². The van der Waals surface area contributed by atoms with Crippen molar-refractivity contribution in [3.8, 4) is 0 Å². The van der Waals surface area contributed by atoms with E-state index in [0.29, 0.717) is 12.2 Å². The van der Waals surface area contributed by atoms with Gasteiger partial charge in [0.1, 0.15) is 0 Å². The maximum atomic E-state index is 10.8. The molecule has 2 unspecified atom stereocenters. The molecule has 0 fully saturated rings. The summed E-state index contributed by atoms with van der Waals surface area (Å²) in [6.45, 7) is 0. The first-order chi connectivity index (χ1) is 6.24. The first kappa shape index (κ1) is 11.1. The van der Waals surface area contributed by atoms with Crippen LogP contribution >= 0.6 is 24.0 Å². The SMILES string of the molecule is O=C(O)C(CCS)[AsH]c1nccs1. The van der Waals surface area contributed by atoms with E-state index in [9.17, 15) is 4.79 Å². The quantitative estimate of drug-likeness (QED) is 0.606. The average Bonchev–Trinajstić information content (AvgIpc) is 2.56. The second kappa shape index (κ2) is 5.68. The molecule has 0 bridgehead atoms. The van der Waals surface area contributed by atoms with Crippen molar-refractivity contribution in [1.29, 1.82) is 0 Å². The maximum absolute atomic E-state index is 10.8. The molecule has 0 saturated heterocycles. The number of carboxylic acid groups (broad SMARTS) is 1. The fourth-order valence-electron chi connectivity index (χ4n) is 0.830. The van der Waals surface area contributed by atoms with E-state index in [1.807, 2.05) is 5.38 Å². The van der Waals surface area contributed by atoms with Crippen molar-refractivity contribution in [3.63, 3.8) is 0 Å². The van der Waals surface area contributed by atoms with Gasteiger partial charge in [0.15, 0.2) is 0 Å². The number of hydrogen-bond acceptors (Lipinski definition) is 4. The van der Waals surface area contributed by atoms with E-state index in [-0.39, 0.29) is 4.71 Å². The Bertz CT molecular complexity index is 265. The van der Waals surface area contributed by atoms with Gasteiger partial charge in [-0.1, -0.05) is 0 Å². The Hall–Kier alpha value is 0.00844. The van der Waals surface area contributed by atoms with Crippen LogP contribution in [0.15, 0.2) is 11.6 Å². The summed E-state index contributed by atoms with van der Waals surface area (Å²) in [4.78, 5) is 14.9. The molecule has 1 aromatic rings. The molecule has 0 saturated carbocycles. The fraction of sp³-hybridized carbons (Fsp3) is 0.429. The molecular formula is C7H10AsNO2S2. The number of thiazole rings is 1. The Labute approximate surface area is 92.7 Å². The first-order valence-electron chi connectivity index (χ1n) is 3.73. The van der Waals surface area contributed by atoms with Crippen molar-refractivity contribution in [2.75, 3.05) is 5.75 Å². The molecule has 1 heterocycles. The number of carboxylic acids is 1. The van der Waals surface area contributed by atoms with Crippen LogP contribution in [0.3, 0.4) is 0 Å². The van der Waals surface area contributed by atoms with E-state index in [1.54, 1.807) is 17.5 Å². The zero-order chi connectivity index (χ0) is 9.68. The Morgan fingerprint density at radius 1 is 1.85 bits per heavy atom. The second-order valence-corrected chi connectivity index (χ2v) is 7.55. The third-order valence-corrected chi connectivity index (χ3v) is 6.29. The molecule has 0 radical (unpaired) electrons. The Morgan fingerprint density at radius 2 is 2.62 bits per heavy atom. The monoisotopic (exact) mass is 279 g/mol. The summed E-state index contributed by atoms with van der Waals surface area (Å²) >= 11 is 4.97. The topological polar surface area (TPSA) is 50.2 Å². The number of carbonyl (C=O) groups is 1. The van der Waals surface area contributed by atoms with Crippen molar-refractivity contribution in [2.45, 2.75) is 11.1 Å². The minimum absolute atomic E-state index is 0.219. The van der Waals surface area contributed by atoms with Gasteiger partial charge in [0.2, 0.25) is 0 Å². The molecule has 1 aromatic heterocycles. The van der Waals surface area contributed by atoms with Crippen molar-refractivity contribution >= 4 is 49.5 Å². The molecule has 1 N–H and O–H groups in total. The first-order valence-corrected chi connectivity index (χ1v) is 7.51. The van der Waals surface area contributed by atoms with Gasteiger partial charge in [0.25, 0.3) is 0 Å².